The van der Waals surface area contributed by atoms with Crippen molar-refractivity contribution in [1.29, 1.82) is 0 Å². The van der Waals surface area contributed by atoms with Crippen LogP contribution in [-0.4, -0.2) is 28.4 Å². The molecule has 0 amide bonds. The Labute approximate surface area is 119 Å². The summed E-state index contributed by atoms with van der Waals surface area (Å²) in [5, 5.41) is 1.20. The number of likely N-dealkylation sites (tertiary alicyclic amines) is 1. The van der Waals surface area contributed by atoms with Gasteiger partial charge in [-0.2, -0.15) is 0 Å². The number of halogens is 1. The molecule has 2 nitrogen and oxygen atoms in total. The Kier molecular flexibility index (Phi) is 3.72. The molecule has 3 heteroatoms. The predicted octanol–water partition coefficient (Wildman–Crippen LogP) is 3.68. The average molecular weight is 275 g/mol. The molecule has 1 aromatic carbocycles. The van der Waals surface area contributed by atoms with E-state index in [1.807, 2.05) is 6.07 Å². The highest BCUT2D eigenvalue weighted by Gasteiger charge is 2.30. The van der Waals surface area contributed by atoms with Gasteiger partial charge in [0.15, 0.2) is 0 Å². The van der Waals surface area contributed by atoms with Gasteiger partial charge in [0.2, 0.25) is 0 Å². The van der Waals surface area contributed by atoms with Gasteiger partial charge in [0.1, 0.15) is 0 Å². The molecule has 2 unspecified atom stereocenters. The predicted molar refractivity (Wildman–Crippen MR) is 80.4 cm³/mol. The number of hydrogen-bond donors (Lipinski definition) is 0. The number of para-hydroxylation sites is 1. The summed E-state index contributed by atoms with van der Waals surface area (Å²) in [7, 11) is 0. The Morgan fingerprint density at radius 2 is 2.11 bits per heavy atom. The van der Waals surface area contributed by atoms with E-state index in [2.05, 4.69) is 42.2 Å². The third-order valence-corrected chi connectivity index (χ3v) is 4.49. The van der Waals surface area contributed by atoms with Gasteiger partial charge in [0, 0.05) is 23.9 Å². The number of pyridine rings is 1. The topological polar surface area (TPSA) is 16.1 Å². The Hall–Kier alpha value is -1.12. The maximum atomic E-state index is 6.10. The summed E-state index contributed by atoms with van der Waals surface area (Å²) in [4.78, 5) is 7.21. The van der Waals surface area contributed by atoms with Crippen molar-refractivity contribution in [3.8, 4) is 0 Å². The number of nitrogens with zero attached hydrogens (tertiary/aromatic N) is 2. The zero-order valence-electron chi connectivity index (χ0n) is 11.2. The fourth-order valence-corrected chi connectivity index (χ4v) is 3.44. The van der Waals surface area contributed by atoms with Gasteiger partial charge in [0.05, 0.1) is 11.2 Å². The van der Waals surface area contributed by atoms with Crippen molar-refractivity contribution in [2.24, 2.45) is 5.92 Å². The van der Waals surface area contributed by atoms with Crippen LogP contribution in [0.3, 0.4) is 0 Å². The molecule has 19 heavy (non-hydrogen) atoms. The van der Waals surface area contributed by atoms with Gasteiger partial charge < -0.3 is 0 Å². The molecule has 100 valence electrons. The molecule has 2 aromatic rings. The molecule has 1 aliphatic heterocycles. The third-order valence-electron chi connectivity index (χ3n) is 4.18. The van der Waals surface area contributed by atoms with Crippen molar-refractivity contribution in [3.05, 3.63) is 42.1 Å². The smallest absolute Gasteiger partial charge is 0.0705 e. The largest absolute Gasteiger partial charge is 0.293 e. The second kappa shape index (κ2) is 5.48. The van der Waals surface area contributed by atoms with Gasteiger partial charge in [-0.3, -0.25) is 9.88 Å². The van der Waals surface area contributed by atoms with Crippen LogP contribution in [0.25, 0.3) is 10.9 Å². The Balaban J connectivity index is 1.81. The van der Waals surface area contributed by atoms with Crippen LogP contribution >= 0.6 is 11.6 Å². The first kappa shape index (κ1) is 12.9. The molecule has 2 atom stereocenters. The molecule has 1 fully saturated rings. The van der Waals surface area contributed by atoms with Gasteiger partial charge in [-0.05, 0) is 31.0 Å². The first-order chi connectivity index (χ1) is 9.28. The van der Waals surface area contributed by atoms with E-state index in [9.17, 15) is 0 Å². The summed E-state index contributed by atoms with van der Waals surface area (Å²) < 4.78 is 0. The lowest BCUT2D eigenvalue weighted by molar-refractivity contribution is 0.239. The highest BCUT2D eigenvalue weighted by molar-refractivity contribution is 6.18. The second-order valence-corrected chi connectivity index (χ2v) is 5.76. The Morgan fingerprint density at radius 3 is 2.95 bits per heavy atom. The van der Waals surface area contributed by atoms with Crippen LogP contribution in [0.15, 0.2) is 36.4 Å². The molecule has 2 heterocycles. The monoisotopic (exact) mass is 274 g/mol. The second-order valence-electron chi connectivity index (χ2n) is 5.45. The van der Waals surface area contributed by atoms with Crippen molar-refractivity contribution in [3.63, 3.8) is 0 Å². The molecule has 0 N–H and O–H groups in total. The highest BCUT2D eigenvalue weighted by atomic mass is 35.5. The van der Waals surface area contributed by atoms with Crippen molar-refractivity contribution in [2.45, 2.75) is 25.9 Å². The maximum absolute atomic E-state index is 6.10. The first-order valence-electron chi connectivity index (χ1n) is 6.92. The van der Waals surface area contributed by atoms with Gasteiger partial charge in [-0.1, -0.05) is 31.2 Å². The number of fused-ring (bicyclic) bond motifs is 1. The minimum Gasteiger partial charge on any atom is -0.293 e. The zero-order valence-corrected chi connectivity index (χ0v) is 12.0. The summed E-state index contributed by atoms with van der Waals surface area (Å²) in [5.74, 6) is 1.41. The molecule has 0 radical (unpaired) electrons. The average Bonchev–Trinajstić information content (AvgIpc) is 2.79. The quantitative estimate of drug-likeness (QED) is 0.794. The lowest BCUT2D eigenvalue weighted by atomic mass is 10.1. The van der Waals surface area contributed by atoms with Gasteiger partial charge in [-0.15, -0.1) is 11.6 Å². The molecule has 3 rings (SSSR count). The summed E-state index contributed by atoms with van der Waals surface area (Å²) in [6, 6.07) is 13.1. The summed E-state index contributed by atoms with van der Waals surface area (Å²) in [5.41, 5.74) is 2.22. The zero-order chi connectivity index (χ0) is 13.2. The van der Waals surface area contributed by atoms with Crippen LogP contribution < -0.4 is 0 Å². The van der Waals surface area contributed by atoms with E-state index in [-0.39, 0.29) is 0 Å². The lowest BCUT2D eigenvalue weighted by Gasteiger charge is -2.24. The van der Waals surface area contributed by atoms with Gasteiger partial charge in [0.25, 0.3) is 0 Å². The van der Waals surface area contributed by atoms with E-state index >= 15 is 0 Å². The molecule has 0 bridgehead atoms. The van der Waals surface area contributed by atoms with E-state index in [1.165, 1.54) is 11.8 Å². The molecule has 0 aliphatic carbocycles. The fourth-order valence-electron chi connectivity index (χ4n) is 2.94. The van der Waals surface area contributed by atoms with E-state index in [1.54, 1.807) is 0 Å². The number of benzene rings is 1. The molecular weight excluding hydrogens is 256 g/mol. The van der Waals surface area contributed by atoms with E-state index in [4.69, 9.17) is 16.6 Å². The molecule has 1 aliphatic rings. The molecule has 0 spiro atoms. The van der Waals surface area contributed by atoms with Gasteiger partial charge in [-0.25, -0.2) is 0 Å². The van der Waals surface area contributed by atoms with E-state index in [0.717, 1.165) is 30.2 Å². The molecule has 0 saturated carbocycles. The lowest BCUT2D eigenvalue weighted by Crippen LogP contribution is -2.33. The van der Waals surface area contributed by atoms with Crippen molar-refractivity contribution in [2.75, 3.05) is 12.4 Å². The van der Waals surface area contributed by atoms with Crippen molar-refractivity contribution < 1.29 is 0 Å². The standard InChI is InChI=1S/C16H19ClN2/c1-12-8-9-19(16(12)10-17)11-14-7-6-13-4-2-3-5-15(13)18-14/h2-7,12,16H,8-11H2,1H3. The van der Waals surface area contributed by atoms with Crippen LogP contribution in [0.2, 0.25) is 0 Å². The normalized spacial score (nSPS) is 24.1. The Morgan fingerprint density at radius 1 is 1.26 bits per heavy atom. The number of alkyl halides is 1. The van der Waals surface area contributed by atoms with Crippen LogP contribution in [0, 0.1) is 5.92 Å². The van der Waals surface area contributed by atoms with Crippen molar-refractivity contribution >= 4 is 22.5 Å². The maximum Gasteiger partial charge on any atom is 0.0705 e. The van der Waals surface area contributed by atoms with E-state index < -0.39 is 0 Å². The highest BCUT2D eigenvalue weighted by Crippen LogP contribution is 2.26. The molecule has 1 aromatic heterocycles. The Bertz CT molecular complexity index is 569. The van der Waals surface area contributed by atoms with Crippen molar-refractivity contribution in [1.82, 2.24) is 9.88 Å². The number of rotatable bonds is 3. The van der Waals surface area contributed by atoms with Crippen LogP contribution in [-0.2, 0) is 6.54 Å². The SMILES string of the molecule is CC1CCN(Cc2ccc3ccccc3n2)C1CCl. The summed E-state index contributed by atoms with van der Waals surface area (Å²) in [6.45, 7) is 4.33. The van der Waals surface area contributed by atoms with Gasteiger partial charge >= 0.3 is 0 Å². The fraction of sp³-hybridized carbons (Fsp3) is 0.438. The minimum absolute atomic E-state index is 0.495. The van der Waals surface area contributed by atoms with Crippen LogP contribution in [0.5, 0.6) is 0 Å². The third kappa shape index (κ3) is 2.60. The van der Waals surface area contributed by atoms with Crippen LogP contribution in [0.1, 0.15) is 19.0 Å². The first-order valence-corrected chi connectivity index (χ1v) is 7.46. The molecule has 1 saturated heterocycles. The minimum atomic E-state index is 0.495. The summed E-state index contributed by atoms with van der Waals surface area (Å²) >= 11 is 6.10. The number of hydrogen-bond acceptors (Lipinski definition) is 2. The molecular formula is C16H19ClN2. The summed E-state index contributed by atoms with van der Waals surface area (Å²) in [6.07, 6.45) is 1.24. The number of aromatic nitrogens is 1. The van der Waals surface area contributed by atoms with E-state index in [0.29, 0.717) is 12.0 Å². The van der Waals surface area contributed by atoms with Crippen LogP contribution in [0.4, 0.5) is 0 Å².